The molecule has 2 atom stereocenters. The third-order valence-electron chi connectivity index (χ3n) is 1.91. The fraction of sp³-hybridized carbons (Fsp3) is 0.333. The molecule has 88 valence electrons. The van der Waals surface area contributed by atoms with E-state index >= 15 is 0 Å². The normalized spacial score (nSPS) is 13.8. The number of aliphatic hydroxyl groups is 2. The van der Waals surface area contributed by atoms with E-state index in [1.807, 2.05) is 0 Å². The van der Waals surface area contributed by atoms with Crippen LogP contribution in [0.25, 0.3) is 0 Å². The Morgan fingerprint density at radius 3 is 1.38 bits per heavy atom. The first-order valence-electron chi connectivity index (χ1n) is 5.04. The number of furan rings is 2. The molecule has 0 spiro atoms. The summed E-state index contributed by atoms with van der Waals surface area (Å²) < 4.78 is 9.69. The molecule has 2 heterocycles. The highest BCUT2D eigenvalue weighted by Crippen LogP contribution is 2.10. The van der Waals surface area contributed by atoms with Crippen molar-refractivity contribution in [3.63, 3.8) is 0 Å². The van der Waals surface area contributed by atoms with Crippen molar-refractivity contribution in [2.45, 2.75) is 26.1 Å². The van der Waals surface area contributed by atoms with Gasteiger partial charge < -0.3 is 19.0 Å². The van der Waals surface area contributed by atoms with Gasteiger partial charge in [-0.3, -0.25) is 0 Å². The number of hydrogen-bond acceptors (Lipinski definition) is 4. The Kier molecular flexibility index (Phi) is 4.82. The average molecular weight is 224 g/mol. The van der Waals surface area contributed by atoms with Gasteiger partial charge in [-0.2, -0.15) is 0 Å². The molecule has 2 aromatic heterocycles. The van der Waals surface area contributed by atoms with E-state index in [0.29, 0.717) is 11.5 Å². The van der Waals surface area contributed by atoms with E-state index < -0.39 is 12.2 Å². The molecule has 0 fully saturated rings. The summed E-state index contributed by atoms with van der Waals surface area (Å²) in [4.78, 5) is 0. The molecule has 4 nitrogen and oxygen atoms in total. The third kappa shape index (κ3) is 3.92. The minimum atomic E-state index is -0.481. The van der Waals surface area contributed by atoms with Crippen molar-refractivity contribution in [3.05, 3.63) is 48.3 Å². The summed E-state index contributed by atoms with van der Waals surface area (Å²) in [5.74, 6) is 1.23. The predicted molar refractivity (Wildman–Crippen MR) is 58.7 cm³/mol. The van der Waals surface area contributed by atoms with Crippen molar-refractivity contribution in [3.8, 4) is 0 Å². The van der Waals surface area contributed by atoms with Gasteiger partial charge in [-0.1, -0.05) is 0 Å². The van der Waals surface area contributed by atoms with E-state index in [0.717, 1.165) is 0 Å². The predicted octanol–water partition coefficient (Wildman–Crippen LogP) is 2.67. The summed E-state index contributed by atoms with van der Waals surface area (Å²) in [6, 6.07) is 6.99. The smallest absolute Gasteiger partial charge is 0.131 e. The summed E-state index contributed by atoms with van der Waals surface area (Å²) in [7, 11) is 0. The molecule has 2 aromatic rings. The Morgan fingerprint density at radius 2 is 1.25 bits per heavy atom. The van der Waals surface area contributed by atoms with Crippen LogP contribution >= 0.6 is 0 Å². The zero-order chi connectivity index (χ0) is 12.0. The molecule has 0 aliphatic heterocycles. The quantitative estimate of drug-likeness (QED) is 0.823. The number of rotatable bonds is 2. The minimum absolute atomic E-state index is 0.481. The van der Waals surface area contributed by atoms with E-state index in [-0.39, 0.29) is 0 Å². The van der Waals surface area contributed by atoms with Gasteiger partial charge in [0.25, 0.3) is 0 Å². The van der Waals surface area contributed by atoms with Gasteiger partial charge in [0.2, 0.25) is 0 Å². The van der Waals surface area contributed by atoms with Crippen LogP contribution in [0.2, 0.25) is 0 Å². The lowest BCUT2D eigenvalue weighted by Gasteiger charge is -1.94. The topological polar surface area (TPSA) is 66.7 Å². The van der Waals surface area contributed by atoms with Crippen LogP contribution in [0.1, 0.15) is 37.6 Å². The van der Waals surface area contributed by atoms with Crippen LogP contribution in [0.4, 0.5) is 0 Å². The van der Waals surface area contributed by atoms with Gasteiger partial charge >= 0.3 is 0 Å². The Balaban J connectivity index is 0.000000160. The van der Waals surface area contributed by atoms with Crippen molar-refractivity contribution in [2.75, 3.05) is 0 Å². The van der Waals surface area contributed by atoms with E-state index in [9.17, 15) is 0 Å². The molecule has 0 aliphatic carbocycles. The summed E-state index contributed by atoms with van der Waals surface area (Å²) >= 11 is 0. The molecule has 2 unspecified atom stereocenters. The van der Waals surface area contributed by atoms with E-state index in [1.165, 1.54) is 0 Å². The van der Waals surface area contributed by atoms with Gasteiger partial charge in [0, 0.05) is 0 Å². The SMILES string of the molecule is CC(O)c1ccco1.CC(O)c1ccco1. The highest BCUT2D eigenvalue weighted by molar-refractivity contribution is 5.00. The minimum Gasteiger partial charge on any atom is -0.467 e. The van der Waals surface area contributed by atoms with Gasteiger partial charge in [-0.05, 0) is 38.1 Å². The van der Waals surface area contributed by atoms with Crippen LogP contribution in [0.3, 0.4) is 0 Å². The van der Waals surface area contributed by atoms with Gasteiger partial charge in [0.1, 0.15) is 23.7 Å². The highest BCUT2D eigenvalue weighted by Gasteiger charge is 2.00. The number of aliphatic hydroxyl groups excluding tert-OH is 2. The van der Waals surface area contributed by atoms with Crippen LogP contribution in [0, 0.1) is 0 Å². The van der Waals surface area contributed by atoms with E-state index in [2.05, 4.69) is 0 Å². The van der Waals surface area contributed by atoms with Gasteiger partial charge in [-0.25, -0.2) is 0 Å². The largest absolute Gasteiger partial charge is 0.467 e. The maximum absolute atomic E-state index is 8.82. The first kappa shape index (κ1) is 12.5. The lowest BCUT2D eigenvalue weighted by atomic mass is 10.3. The lowest BCUT2D eigenvalue weighted by molar-refractivity contribution is 0.169. The van der Waals surface area contributed by atoms with Crippen LogP contribution < -0.4 is 0 Å². The summed E-state index contributed by atoms with van der Waals surface area (Å²) in [5, 5.41) is 17.6. The van der Waals surface area contributed by atoms with Crippen LogP contribution in [-0.4, -0.2) is 10.2 Å². The number of hydrogen-bond donors (Lipinski definition) is 2. The Morgan fingerprint density at radius 1 is 0.875 bits per heavy atom. The molecular formula is C12H16O4. The highest BCUT2D eigenvalue weighted by atomic mass is 16.4. The Hall–Kier alpha value is -1.52. The van der Waals surface area contributed by atoms with Crippen molar-refractivity contribution in [1.82, 2.24) is 0 Å². The monoisotopic (exact) mass is 224 g/mol. The van der Waals surface area contributed by atoms with Crippen LogP contribution in [0.15, 0.2) is 45.6 Å². The third-order valence-corrected chi connectivity index (χ3v) is 1.91. The first-order valence-corrected chi connectivity index (χ1v) is 5.04. The van der Waals surface area contributed by atoms with Crippen molar-refractivity contribution >= 4 is 0 Å². The van der Waals surface area contributed by atoms with E-state index in [1.54, 1.807) is 50.6 Å². The van der Waals surface area contributed by atoms with Gasteiger partial charge in [-0.15, -0.1) is 0 Å². The average Bonchev–Trinajstić information content (AvgIpc) is 2.93. The molecule has 2 rings (SSSR count). The fourth-order valence-electron chi connectivity index (χ4n) is 1.06. The molecule has 0 saturated carbocycles. The molecule has 0 radical (unpaired) electrons. The van der Waals surface area contributed by atoms with E-state index in [4.69, 9.17) is 19.0 Å². The zero-order valence-corrected chi connectivity index (χ0v) is 9.33. The second kappa shape index (κ2) is 6.15. The summed E-state index contributed by atoms with van der Waals surface area (Å²) in [6.45, 7) is 3.33. The summed E-state index contributed by atoms with van der Waals surface area (Å²) in [5.41, 5.74) is 0. The molecule has 2 N–H and O–H groups in total. The maximum atomic E-state index is 8.82. The van der Waals surface area contributed by atoms with Gasteiger partial charge in [0.05, 0.1) is 12.5 Å². The summed E-state index contributed by atoms with van der Waals surface area (Å²) in [6.07, 6.45) is 2.12. The van der Waals surface area contributed by atoms with Crippen LogP contribution in [0.5, 0.6) is 0 Å². The molecule has 0 aliphatic rings. The Bertz CT molecular complexity index is 321. The zero-order valence-electron chi connectivity index (χ0n) is 9.33. The first-order chi connectivity index (χ1) is 7.61. The lowest BCUT2D eigenvalue weighted by Crippen LogP contribution is -1.84. The van der Waals surface area contributed by atoms with Gasteiger partial charge in [0.15, 0.2) is 0 Å². The maximum Gasteiger partial charge on any atom is 0.131 e. The standard InChI is InChI=1S/2C6H8O2/c2*1-5(7)6-3-2-4-8-6/h2*2-5,7H,1H3. The molecular weight excluding hydrogens is 208 g/mol. The molecule has 0 bridgehead atoms. The fourth-order valence-corrected chi connectivity index (χ4v) is 1.06. The second-order valence-electron chi connectivity index (χ2n) is 3.38. The molecule has 4 heteroatoms. The molecule has 0 aromatic carbocycles. The molecule has 0 saturated heterocycles. The van der Waals surface area contributed by atoms with Crippen molar-refractivity contribution in [2.24, 2.45) is 0 Å². The van der Waals surface area contributed by atoms with Crippen LogP contribution in [-0.2, 0) is 0 Å². The Labute approximate surface area is 94.1 Å². The molecule has 16 heavy (non-hydrogen) atoms. The van der Waals surface area contributed by atoms with Crippen molar-refractivity contribution in [1.29, 1.82) is 0 Å². The second-order valence-corrected chi connectivity index (χ2v) is 3.38. The van der Waals surface area contributed by atoms with Crippen molar-refractivity contribution < 1.29 is 19.0 Å². The molecule has 0 amide bonds.